The van der Waals surface area contributed by atoms with Crippen LogP contribution in [0.25, 0.3) is 22.6 Å². The average Bonchev–Trinajstić information content (AvgIpc) is 2.97. The molecule has 0 unspecified atom stereocenters. The van der Waals surface area contributed by atoms with Gasteiger partial charge in [-0.1, -0.05) is 12.1 Å². The Morgan fingerprint density at radius 2 is 1.14 bits per heavy atom. The number of rotatable bonds is 2. The minimum Gasteiger partial charge on any atom is -0.508 e. The second-order valence-corrected chi connectivity index (χ2v) is 4.79. The van der Waals surface area contributed by atoms with Crippen molar-refractivity contribution in [3.63, 3.8) is 0 Å². The van der Waals surface area contributed by atoms with Crippen LogP contribution in [0.5, 0.6) is 5.75 Å². The second kappa shape index (κ2) is 5.26. The standard InChI is InChI=1S/C17H11F3O2/c18-17(19,20)13-5-1-11(2-6-13)15-9-10-16(22-15)12-3-7-14(21)8-4-12/h1-10,21H. The molecule has 0 bridgehead atoms. The van der Waals surface area contributed by atoms with Gasteiger partial charge in [-0.25, -0.2) is 0 Å². The Kier molecular flexibility index (Phi) is 3.41. The van der Waals surface area contributed by atoms with Crippen LogP contribution in [0.15, 0.2) is 65.1 Å². The Balaban J connectivity index is 1.89. The summed E-state index contributed by atoms with van der Waals surface area (Å²) in [6.45, 7) is 0. The van der Waals surface area contributed by atoms with Crippen molar-refractivity contribution in [2.75, 3.05) is 0 Å². The highest BCUT2D eigenvalue weighted by Crippen LogP contribution is 2.33. The summed E-state index contributed by atoms with van der Waals surface area (Å²) in [7, 11) is 0. The van der Waals surface area contributed by atoms with E-state index in [1.165, 1.54) is 24.3 Å². The van der Waals surface area contributed by atoms with Gasteiger partial charge in [0.15, 0.2) is 0 Å². The van der Waals surface area contributed by atoms with Crippen molar-refractivity contribution in [3.05, 3.63) is 66.2 Å². The fraction of sp³-hybridized carbons (Fsp3) is 0.0588. The molecule has 0 fully saturated rings. The highest BCUT2D eigenvalue weighted by atomic mass is 19.4. The zero-order valence-electron chi connectivity index (χ0n) is 11.3. The first-order valence-electron chi connectivity index (χ1n) is 6.50. The van der Waals surface area contributed by atoms with Crippen LogP contribution >= 0.6 is 0 Å². The topological polar surface area (TPSA) is 33.4 Å². The van der Waals surface area contributed by atoms with Gasteiger partial charge in [0, 0.05) is 11.1 Å². The van der Waals surface area contributed by atoms with E-state index >= 15 is 0 Å². The molecule has 1 heterocycles. The van der Waals surface area contributed by atoms with Gasteiger partial charge in [-0.15, -0.1) is 0 Å². The molecule has 5 heteroatoms. The zero-order chi connectivity index (χ0) is 15.7. The number of alkyl halides is 3. The summed E-state index contributed by atoms with van der Waals surface area (Å²) >= 11 is 0. The summed E-state index contributed by atoms with van der Waals surface area (Å²) in [5, 5.41) is 9.26. The smallest absolute Gasteiger partial charge is 0.416 e. The van der Waals surface area contributed by atoms with Crippen molar-refractivity contribution in [2.24, 2.45) is 0 Å². The first-order chi connectivity index (χ1) is 10.4. The molecule has 0 saturated heterocycles. The van der Waals surface area contributed by atoms with E-state index in [0.29, 0.717) is 17.1 Å². The quantitative estimate of drug-likeness (QED) is 0.693. The molecule has 22 heavy (non-hydrogen) atoms. The molecule has 2 aromatic carbocycles. The van der Waals surface area contributed by atoms with Crippen molar-refractivity contribution < 1.29 is 22.7 Å². The molecule has 0 spiro atoms. The third-order valence-corrected chi connectivity index (χ3v) is 3.25. The van der Waals surface area contributed by atoms with Gasteiger partial charge in [0.05, 0.1) is 5.56 Å². The van der Waals surface area contributed by atoms with E-state index in [2.05, 4.69) is 0 Å². The normalized spacial score (nSPS) is 11.6. The predicted octanol–water partition coefficient (Wildman–Crippen LogP) is 5.34. The lowest BCUT2D eigenvalue weighted by Gasteiger charge is -2.06. The molecule has 0 amide bonds. The van der Waals surface area contributed by atoms with Crippen molar-refractivity contribution in [2.45, 2.75) is 6.18 Å². The molecule has 0 radical (unpaired) electrons. The Morgan fingerprint density at radius 1 is 0.682 bits per heavy atom. The molecule has 1 N–H and O–H groups in total. The van der Waals surface area contributed by atoms with Crippen LogP contribution in [0.4, 0.5) is 13.2 Å². The van der Waals surface area contributed by atoms with Gasteiger partial charge >= 0.3 is 6.18 Å². The molecule has 0 aliphatic carbocycles. The fourth-order valence-electron chi connectivity index (χ4n) is 2.10. The van der Waals surface area contributed by atoms with Crippen LogP contribution < -0.4 is 0 Å². The maximum absolute atomic E-state index is 12.5. The Morgan fingerprint density at radius 3 is 1.59 bits per heavy atom. The van der Waals surface area contributed by atoms with Crippen molar-refractivity contribution in [3.8, 4) is 28.4 Å². The summed E-state index contributed by atoms with van der Waals surface area (Å²) in [6.07, 6.45) is -4.35. The molecule has 1 aromatic heterocycles. The molecule has 0 aliphatic rings. The predicted molar refractivity (Wildman–Crippen MR) is 76.2 cm³/mol. The van der Waals surface area contributed by atoms with Crippen molar-refractivity contribution >= 4 is 0 Å². The van der Waals surface area contributed by atoms with Gasteiger partial charge in [-0.3, -0.25) is 0 Å². The van der Waals surface area contributed by atoms with E-state index in [4.69, 9.17) is 4.42 Å². The van der Waals surface area contributed by atoms with Crippen LogP contribution in [0.1, 0.15) is 5.56 Å². The van der Waals surface area contributed by atoms with Gasteiger partial charge in [-0.2, -0.15) is 13.2 Å². The number of furan rings is 1. The average molecular weight is 304 g/mol. The summed E-state index contributed by atoms with van der Waals surface area (Å²) in [4.78, 5) is 0. The Labute approximate surface area is 124 Å². The SMILES string of the molecule is Oc1ccc(-c2ccc(-c3ccc(C(F)(F)F)cc3)o2)cc1. The number of hydrogen-bond acceptors (Lipinski definition) is 2. The van der Waals surface area contributed by atoms with Gasteiger partial charge < -0.3 is 9.52 Å². The first kappa shape index (κ1) is 14.3. The largest absolute Gasteiger partial charge is 0.508 e. The van der Waals surface area contributed by atoms with Crippen molar-refractivity contribution in [1.82, 2.24) is 0 Å². The Bertz CT molecular complexity index is 769. The van der Waals surface area contributed by atoms with Crippen LogP contribution in [-0.4, -0.2) is 5.11 Å². The molecular formula is C17H11F3O2. The maximum Gasteiger partial charge on any atom is 0.416 e. The van der Waals surface area contributed by atoms with Gasteiger partial charge in [0.25, 0.3) is 0 Å². The number of aromatic hydroxyl groups is 1. The highest BCUT2D eigenvalue weighted by Gasteiger charge is 2.30. The van der Waals surface area contributed by atoms with Gasteiger partial charge in [-0.05, 0) is 48.5 Å². The molecule has 0 aliphatic heterocycles. The van der Waals surface area contributed by atoms with Crippen LogP contribution in [0.3, 0.4) is 0 Å². The molecule has 3 aromatic rings. The number of phenolic OH excluding ortho intramolecular Hbond substituents is 1. The summed E-state index contributed by atoms with van der Waals surface area (Å²) in [5.74, 6) is 1.21. The molecular weight excluding hydrogens is 293 g/mol. The van der Waals surface area contributed by atoms with E-state index in [9.17, 15) is 18.3 Å². The lowest BCUT2D eigenvalue weighted by atomic mass is 10.1. The third kappa shape index (κ3) is 2.83. The molecule has 0 atom stereocenters. The Hall–Kier alpha value is -2.69. The third-order valence-electron chi connectivity index (χ3n) is 3.25. The monoisotopic (exact) mass is 304 g/mol. The summed E-state index contributed by atoms with van der Waals surface area (Å²) < 4.78 is 43.3. The molecule has 2 nitrogen and oxygen atoms in total. The van der Waals surface area contributed by atoms with E-state index in [1.807, 2.05) is 0 Å². The minimum absolute atomic E-state index is 0.151. The molecule has 3 rings (SSSR count). The second-order valence-electron chi connectivity index (χ2n) is 4.79. The minimum atomic E-state index is -4.35. The van der Waals surface area contributed by atoms with E-state index in [1.54, 1.807) is 24.3 Å². The number of halogens is 3. The first-order valence-corrected chi connectivity index (χ1v) is 6.50. The van der Waals surface area contributed by atoms with Gasteiger partial charge in [0.2, 0.25) is 0 Å². The number of phenols is 1. The molecule has 112 valence electrons. The van der Waals surface area contributed by atoms with Gasteiger partial charge in [0.1, 0.15) is 17.3 Å². The zero-order valence-corrected chi connectivity index (χ0v) is 11.3. The van der Waals surface area contributed by atoms with E-state index in [0.717, 1.165) is 17.7 Å². The fourth-order valence-corrected chi connectivity index (χ4v) is 2.10. The van der Waals surface area contributed by atoms with E-state index < -0.39 is 11.7 Å². The number of benzene rings is 2. The van der Waals surface area contributed by atoms with Crippen LogP contribution in [0.2, 0.25) is 0 Å². The highest BCUT2D eigenvalue weighted by molar-refractivity contribution is 5.65. The maximum atomic E-state index is 12.5. The van der Waals surface area contributed by atoms with Crippen LogP contribution in [0, 0.1) is 0 Å². The molecule has 0 saturated carbocycles. The summed E-state index contributed by atoms with van der Waals surface area (Å²) in [6, 6.07) is 14.7. The van der Waals surface area contributed by atoms with Crippen LogP contribution in [-0.2, 0) is 6.18 Å². The van der Waals surface area contributed by atoms with E-state index in [-0.39, 0.29) is 5.75 Å². The number of hydrogen-bond donors (Lipinski definition) is 1. The van der Waals surface area contributed by atoms with Crippen molar-refractivity contribution in [1.29, 1.82) is 0 Å². The lowest BCUT2D eigenvalue weighted by Crippen LogP contribution is -2.03. The lowest BCUT2D eigenvalue weighted by molar-refractivity contribution is -0.137. The summed E-state index contributed by atoms with van der Waals surface area (Å²) in [5.41, 5.74) is 0.649.